The second kappa shape index (κ2) is 4.48. The molecule has 1 atom stereocenters. The number of pyridine rings is 1. The van der Waals surface area contributed by atoms with E-state index in [0.717, 1.165) is 5.56 Å². The summed E-state index contributed by atoms with van der Waals surface area (Å²) in [5, 5.41) is 3.30. The van der Waals surface area contributed by atoms with E-state index in [1.165, 1.54) is 10.6 Å². The SMILES string of the molecule is CS(=O)(=O)N1CCNC(c2ccncc2)C1. The van der Waals surface area contributed by atoms with Gasteiger partial charge in [-0.05, 0) is 17.7 Å². The minimum absolute atomic E-state index is 0.0616. The van der Waals surface area contributed by atoms with Gasteiger partial charge in [-0.15, -0.1) is 0 Å². The molecule has 0 radical (unpaired) electrons. The molecule has 1 saturated heterocycles. The van der Waals surface area contributed by atoms with Crippen LogP contribution < -0.4 is 5.32 Å². The van der Waals surface area contributed by atoms with Crippen LogP contribution in [0.15, 0.2) is 24.5 Å². The second-order valence-electron chi connectivity index (χ2n) is 3.91. The first-order valence-corrected chi connectivity index (χ1v) is 7.00. The standard InChI is InChI=1S/C10H15N3O2S/c1-16(14,15)13-7-6-12-10(8-13)9-2-4-11-5-3-9/h2-5,10,12H,6-8H2,1H3. The van der Waals surface area contributed by atoms with Crippen molar-refractivity contribution in [1.29, 1.82) is 0 Å². The number of rotatable bonds is 2. The van der Waals surface area contributed by atoms with Crippen molar-refractivity contribution < 1.29 is 8.42 Å². The highest BCUT2D eigenvalue weighted by Crippen LogP contribution is 2.17. The van der Waals surface area contributed by atoms with Gasteiger partial charge in [-0.25, -0.2) is 8.42 Å². The molecule has 1 aromatic rings. The van der Waals surface area contributed by atoms with Gasteiger partial charge in [0.05, 0.1) is 6.26 Å². The van der Waals surface area contributed by atoms with Gasteiger partial charge in [0.25, 0.3) is 0 Å². The maximum absolute atomic E-state index is 11.4. The third-order valence-electron chi connectivity index (χ3n) is 2.72. The lowest BCUT2D eigenvalue weighted by atomic mass is 10.1. The smallest absolute Gasteiger partial charge is 0.211 e. The Bertz CT molecular complexity index is 446. The van der Waals surface area contributed by atoms with Crippen LogP contribution in [0.25, 0.3) is 0 Å². The van der Waals surface area contributed by atoms with E-state index in [4.69, 9.17) is 0 Å². The highest BCUT2D eigenvalue weighted by atomic mass is 32.2. The van der Waals surface area contributed by atoms with Crippen LogP contribution in [0.4, 0.5) is 0 Å². The number of piperazine rings is 1. The van der Waals surface area contributed by atoms with Crippen molar-refractivity contribution in [3.63, 3.8) is 0 Å². The number of aromatic nitrogens is 1. The summed E-state index contributed by atoms with van der Waals surface area (Å²) >= 11 is 0. The first kappa shape index (κ1) is 11.5. The first-order chi connectivity index (χ1) is 7.57. The molecule has 5 nitrogen and oxygen atoms in total. The molecule has 2 rings (SSSR count). The van der Waals surface area contributed by atoms with Crippen LogP contribution in [0, 0.1) is 0 Å². The molecule has 2 heterocycles. The Hall–Kier alpha value is -0.980. The van der Waals surface area contributed by atoms with Gasteiger partial charge in [0, 0.05) is 38.1 Å². The highest BCUT2D eigenvalue weighted by molar-refractivity contribution is 7.88. The van der Waals surface area contributed by atoms with Crippen molar-refractivity contribution >= 4 is 10.0 Å². The third-order valence-corrected chi connectivity index (χ3v) is 3.99. The summed E-state index contributed by atoms with van der Waals surface area (Å²) < 4.78 is 24.4. The summed E-state index contributed by atoms with van der Waals surface area (Å²) in [7, 11) is -3.09. The average molecular weight is 241 g/mol. The Morgan fingerprint density at radius 3 is 2.75 bits per heavy atom. The summed E-state index contributed by atoms with van der Waals surface area (Å²) in [6.07, 6.45) is 4.69. The van der Waals surface area contributed by atoms with E-state index in [0.29, 0.717) is 19.6 Å². The molecule has 0 bridgehead atoms. The molecule has 1 aromatic heterocycles. The lowest BCUT2D eigenvalue weighted by molar-refractivity contribution is 0.303. The molecule has 16 heavy (non-hydrogen) atoms. The molecule has 1 aliphatic heterocycles. The van der Waals surface area contributed by atoms with E-state index in [2.05, 4.69) is 10.3 Å². The van der Waals surface area contributed by atoms with E-state index < -0.39 is 10.0 Å². The molecule has 1 unspecified atom stereocenters. The summed E-state index contributed by atoms with van der Waals surface area (Å²) in [6, 6.07) is 3.87. The minimum Gasteiger partial charge on any atom is -0.308 e. The number of nitrogens with zero attached hydrogens (tertiary/aromatic N) is 2. The topological polar surface area (TPSA) is 62.3 Å². The summed E-state index contributed by atoms with van der Waals surface area (Å²) in [5.74, 6) is 0. The summed E-state index contributed by atoms with van der Waals surface area (Å²) in [5.41, 5.74) is 1.07. The molecule has 0 aromatic carbocycles. The van der Waals surface area contributed by atoms with Crippen LogP contribution in [-0.4, -0.2) is 43.6 Å². The number of sulfonamides is 1. The molecule has 1 N–H and O–H groups in total. The summed E-state index contributed by atoms with van der Waals surface area (Å²) in [4.78, 5) is 3.95. The largest absolute Gasteiger partial charge is 0.308 e. The number of hydrogen-bond donors (Lipinski definition) is 1. The maximum Gasteiger partial charge on any atom is 0.211 e. The highest BCUT2D eigenvalue weighted by Gasteiger charge is 2.26. The number of nitrogens with one attached hydrogen (secondary N) is 1. The molecular formula is C10H15N3O2S. The van der Waals surface area contributed by atoms with Crippen LogP contribution in [0.1, 0.15) is 11.6 Å². The van der Waals surface area contributed by atoms with Gasteiger partial charge in [-0.2, -0.15) is 4.31 Å². The predicted octanol–water partition coefficient (Wildman–Crippen LogP) is -0.0125. The Morgan fingerprint density at radius 2 is 2.12 bits per heavy atom. The van der Waals surface area contributed by atoms with E-state index in [1.807, 2.05) is 12.1 Å². The molecule has 0 amide bonds. The van der Waals surface area contributed by atoms with E-state index in [1.54, 1.807) is 12.4 Å². The van der Waals surface area contributed by atoms with E-state index in [9.17, 15) is 8.42 Å². The van der Waals surface area contributed by atoms with Crippen LogP contribution in [0.5, 0.6) is 0 Å². The van der Waals surface area contributed by atoms with Crippen molar-refractivity contribution in [2.24, 2.45) is 0 Å². The Morgan fingerprint density at radius 1 is 1.44 bits per heavy atom. The van der Waals surface area contributed by atoms with Crippen LogP contribution in [0.2, 0.25) is 0 Å². The lowest BCUT2D eigenvalue weighted by Gasteiger charge is -2.32. The van der Waals surface area contributed by atoms with Gasteiger partial charge in [-0.3, -0.25) is 4.98 Å². The zero-order valence-electron chi connectivity index (χ0n) is 9.13. The molecular weight excluding hydrogens is 226 g/mol. The van der Waals surface area contributed by atoms with Crippen LogP contribution in [-0.2, 0) is 10.0 Å². The third kappa shape index (κ3) is 2.58. The maximum atomic E-state index is 11.4. The van der Waals surface area contributed by atoms with Crippen molar-refractivity contribution in [3.05, 3.63) is 30.1 Å². The van der Waals surface area contributed by atoms with Crippen molar-refractivity contribution in [1.82, 2.24) is 14.6 Å². The lowest BCUT2D eigenvalue weighted by Crippen LogP contribution is -2.47. The van der Waals surface area contributed by atoms with Gasteiger partial charge in [-0.1, -0.05) is 0 Å². The molecule has 0 spiro atoms. The molecule has 1 fully saturated rings. The van der Waals surface area contributed by atoms with Gasteiger partial charge in [0.15, 0.2) is 0 Å². The number of hydrogen-bond acceptors (Lipinski definition) is 4. The van der Waals surface area contributed by atoms with Gasteiger partial charge in [0.1, 0.15) is 0 Å². The quantitative estimate of drug-likeness (QED) is 0.791. The first-order valence-electron chi connectivity index (χ1n) is 5.16. The minimum atomic E-state index is -3.09. The van der Waals surface area contributed by atoms with Crippen molar-refractivity contribution in [2.75, 3.05) is 25.9 Å². The normalized spacial score (nSPS) is 23.2. The molecule has 0 saturated carbocycles. The average Bonchev–Trinajstić information content (AvgIpc) is 2.29. The van der Waals surface area contributed by atoms with Crippen molar-refractivity contribution in [3.8, 4) is 0 Å². The summed E-state index contributed by atoms with van der Waals surface area (Å²) in [6.45, 7) is 1.71. The predicted molar refractivity (Wildman–Crippen MR) is 61.4 cm³/mol. The van der Waals surface area contributed by atoms with Gasteiger partial charge >= 0.3 is 0 Å². The van der Waals surface area contributed by atoms with E-state index >= 15 is 0 Å². The zero-order valence-corrected chi connectivity index (χ0v) is 9.94. The van der Waals surface area contributed by atoms with Crippen molar-refractivity contribution in [2.45, 2.75) is 6.04 Å². The van der Waals surface area contributed by atoms with Gasteiger partial charge < -0.3 is 5.32 Å². The Labute approximate surface area is 95.5 Å². The Kier molecular flexibility index (Phi) is 3.22. The Balaban J connectivity index is 2.14. The molecule has 88 valence electrons. The van der Waals surface area contributed by atoms with Crippen LogP contribution in [0.3, 0.4) is 0 Å². The fourth-order valence-electron chi connectivity index (χ4n) is 1.84. The monoisotopic (exact) mass is 241 g/mol. The van der Waals surface area contributed by atoms with E-state index in [-0.39, 0.29) is 6.04 Å². The molecule has 1 aliphatic rings. The molecule has 6 heteroatoms. The fourth-order valence-corrected chi connectivity index (χ4v) is 2.69. The van der Waals surface area contributed by atoms with Crippen LogP contribution >= 0.6 is 0 Å². The fraction of sp³-hybridized carbons (Fsp3) is 0.500. The zero-order chi connectivity index (χ0) is 11.6. The second-order valence-corrected chi connectivity index (χ2v) is 5.89. The molecule has 0 aliphatic carbocycles. The van der Waals surface area contributed by atoms with Gasteiger partial charge in [0.2, 0.25) is 10.0 Å².